The highest BCUT2D eigenvalue weighted by Crippen LogP contribution is 2.34. The van der Waals surface area contributed by atoms with Crippen molar-refractivity contribution in [2.45, 2.75) is 13.8 Å². The number of rotatable bonds is 11. The van der Waals surface area contributed by atoms with Crippen molar-refractivity contribution in [1.29, 1.82) is 0 Å². The largest absolute Gasteiger partial charge is 0.490 e. The molecule has 0 fully saturated rings. The highest BCUT2D eigenvalue weighted by atomic mass is 35.5. The lowest BCUT2D eigenvalue weighted by Gasteiger charge is -2.18. The number of anilines is 1. The van der Waals surface area contributed by atoms with Crippen molar-refractivity contribution in [2.75, 3.05) is 50.2 Å². The number of carbonyl (C=O) groups excluding carboxylic acids is 2. The first-order valence-corrected chi connectivity index (χ1v) is 10.6. The molecular weight excluding hydrogens is 415 g/mol. The summed E-state index contributed by atoms with van der Waals surface area (Å²) >= 11 is 12.2. The zero-order chi connectivity index (χ0) is 20.4. The van der Waals surface area contributed by atoms with E-state index in [-0.39, 0.29) is 34.7 Å². The monoisotopic (exact) mass is 438 g/mol. The lowest BCUT2D eigenvalue weighted by atomic mass is 10.3. The predicted molar refractivity (Wildman–Crippen MR) is 108 cm³/mol. The van der Waals surface area contributed by atoms with Crippen molar-refractivity contribution >= 4 is 51.5 Å². The molecule has 2 amide bonds. The smallest absolute Gasteiger partial charge is 0.237 e. The Kier molecular flexibility index (Phi) is 10.7. The van der Waals surface area contributed by atoms with E-state index in [1.165, 1.54) is 12.1 Å². The Morgan fingerprint density at radius 3 is 2.37 bits per heavy atom. The SMILES string of the molecule is CCN(CC)C(=O)C[S@@](=O)CC(=O)Nc1cc(OCCOC)c(Cl)cc1Cl. The summed E-state index contributed by atoms with van der Waals surface area (Å²) in [5.74, 6) is -0.941. The normalized spacial score (nSPS) is 11.7. The van der Waals surface area contributed by atoms with Crippen LogP contribution < -0.4 is 10.1 Å². The molecule has 1 rings (SSSR count). The highest BCUT2D eigenvalue weighted by molar-refractivity contribution is 7.86. The van der Waals surface area contributed by atoms with Crippen LogP contribution in [0.1, 0.15) is 13.8 Å². The molecule has 0 saturated heterocycles. The molecule has 0 aliphatic rings. The maximum Gasteiger partial charge on any atom is 0.237 e. The summed E-state index contributed by atoms with van der Waals surface area (Å²) in [5.41, 5.74) is 0.283. The number of amides is 2. The molecule has 27 heavy (non-hydrogen) atoms. The average Bonchev–Trinajstić information content (AvgIpc) is 2.59. The van der Waals surface area contributed by atoms with Gasteiger partial charge in [-0.1, -0.05) is 23.2 Å². The van der Waals surface area contributed by atoms with Crippen molar-refractivity contribution in [3.8, 4) is 5.75 Å². The summed E-state index contributed by atoms with van der Waals surface area (Å²) in [5, 5.41) is 3.08. The van der Waals surface area contributed by atoms with Gasteiger partial charge in [0.15, 0.2) is 0 Å². The Hall–Kier alpha value is -1.35. The lowest BCUT2D eigenvalue weighted by Crippen LogP contribution is -2.35. The minimum Gasteiger partial charge on any atom is -0.490 e. The molecule has 0 unspecified atom stereocenters. The summed E-state index contributed by atoms with van der Waals surface area (Å²) in [6.07, 6.45) is 0. The molecule has 0 aromatic heterocycles. The molecule has 10 heteroatoms. The van der Waals surface area contributed by atoms with Crippen LogP contribution in [-0.4, -0.2) is 65.8 Å². The van der Waals surface area contributed by atoms with Crippen LogP contribution in [-0.2, 0) is 25.1 Å². The van der Waals surface area contributed by atoms with Crippen molar-refractivity contribution in [3.63, 3.8) is 0 Å². The Morgan fingerprint density at radius 2 is 1.78 bits per heavy atom. The number of hydrogen-bond donors (Lipinski definition) is 1. The van der Waals surface area contributed by atoms with Gasteiger partial charge in [-0.2, -0.15) is 0 Å². The summed E-state index contributed by atoms with van der Waals surface area (Å²) < 4.78 is 22.4. The maximum atomic E-state index is 12.1. The van der Waals surface area contributed by atoms with E-state index in [4.69, 9.17) is 32.7 Å². The van der Waals surface area contributed by atoms with Gasteiger partial charge in [0.05, 0.1) is 22.3 Å². The zero-order valence-electron chi connectivity index (χ0n) is 15.5. The quantitative estimate of drug-likeness (QED) is 0.536. The maximum absolute atomic E-state index is 12.1. The topological polar surface area (TPSA) is 84.9 Å². The zero-order valence-corrected chi connectivity index (χ0v) is 17.9. The molecule has 0 bridgehead atoms. The number of ether oxygens (including phenoxy) is 2. The second-order valence-corrected chi connectivity index (χ2v) is 7.72. The van der Waals surface area contributed by atoms with Gasteiger partial charge in [-0.15, -0.1) is 0 Å². The summed E-state index contributed by atoms with van der Waals surface area (Å²) in [6, 6.07) is 2.93. The van der Waals surface area contributed by atoms with Crippen LogP contribution in [0.3, 0.4) is 0 Å². The second-order valence-electron chi connectivity index (χ2n) is 5.45. The van der Waals surface area contributed by atoms with Gasteiger partial charge in [0.25, 0.3) is 0 Å². The van der Waals surface area contributed by atoms with E-state index < -0.39 is 16.7 Å². The number of nitrogens with one attached hydrogen (secondary N) is 1. The van der Waals surface area contributed by atoms with Crippen LogP contribution in [0.5, 0.6) is 5.75 Å². The minimum atomic E-state index is -1.62. The van der Waals surface area contributed by atoms with Crippen LogP contribution in [0.2, 0.25) is 10.0 Å². The van der Waals surface area contributed by atoms with Crippen LogP contribution >= 0.6 is 23.2 Å². The van der Waals surface area contributed by atoms with E-state index >= 15 is 0 Å². The number of halogens is 2. The van der Waals surface area contributed by atoms with Crippen molar-refractivity contribution in [3.05, 3.63) is 22.2 Å². The van der Waals surface area contributed by atoms with Gasteiger partial charge in [-0.25, -0.2) is 0 Å². The van der Waals surface area contributed by atoms with Crippen LogP contribution in [0.15, 0.2) is 12.1 Å². The molecule has 0 spiro atoms. The Balaban J connectivity index is 2.69. The average molecular weight is 439 g/mol. The molecule has 1 N–H and O–H groups in total. The summed E-state index contributed by atoms with van der Waals surface area (Å²) in [4.78, 5) is 25.7. The van der Waals surface area contributed by atoms with Crippen molar-refractivity contribution in [2.24, 2.45) is 0 Å². The van der Waals surface area contributed by atoms with Gasteiger partial charge in [0, 0.05) is 37.1 Å². The van der Waals surface area contributed by atoms with E-state index in [9.17, 15) is 13.8 Å². The van der Waals surface area contributed by atoms with Crippen LogP contribution in [0, 0.1) is 0 Å². The highest BCUT2D eigenvalue weighted by Gasteiger charge is 2.17. The summed E-state index contributed by atoms with van der Waals surface area (Å²) in [6.45, 7) is 5.40. The van der Waals surface area contributed by atoms with E-state index in [0.717, 1.165) is 0 Å². The van der Waals surface area contributed by atoms with Crippen LogP contribution in [0.4, 0.5) is 5.69 Å². The Labute approximate surface area is 171 Å². The van der Waals surface area contributed by atoms with Gasteiger partial charge < -0.3 is 19.7 Å². The molecule has 1 aromatic rings. The second kappa shape index (κ2) is 12.2. The summed E-state index contributed by atoms with van der Waals surface area (Å²) in [7, 11) is -0.0750. The predicted octanol–water partition coefficient (Wildman–Crippen LogP) is 2.57. The third-order valence-electron chi connectivity index (χ3n) is 3.53. The van der Waals surface area contributed by atoms with Gasteiger partial charge in [0.2, 0.25) is 11.8 Å². The fraction of sp³-hybridized carbons (Fsp3) is 0.529. The van der Waals surface area contributed by atoms with E-state index in [1.807, 2.05) is 13.8 Å². The van der Waals surface area contributed by atoms with E-state index in [2.05, 4.69) is 5.32 Å². The van der Waals surface area contributed by atoms with Gasteiger partial charge in [-0.3, -0.25) is 13.8 Å². The minimum absolute atomic E-state index is 0.200. The third kappa shape index (κ3) is 8.04. The lowest BCUT2D eigenvalue weighted by molar-refractivity contribution is -0.128. The number of carbonyl (C=O) groups is 2. The third-order valence-corrected chi connectivity index (χ3v) is 5.29. The molecule has 0 aliphatic carbocycles. The molecule has 0 heterocycles. The van der Waals surface area contributed by atoms with Crippen molar-refractivity contribution < 1.29 is 23.3 Å². The van der Waals surface area contributed by atoms with Crippen molar-refractivity contribution in [1.82, 2.24) is 4.90 Å². The van der Waals surface area contributed by atoms with Gasteiger partial charge in [-0.05, 0) is 19.9 Å². The molecule has 152 valence electrons. The molecule has 0 radical (unpaired) electrons. The first-order valence-electron chi connectivity index (χ1n) is 8.35. The number of nitrogens with zero attached hydrogens (tertiary/aromatic N) is 1. The molecule has 0 saturated carbocycles. The fourth-order valence-corrected chi connectivity index (χ4v) is 3.57. The standard InChI is InChI=1S/C17H24Cl2N2O5S/c1-4-21(5-2)17(23)11-27(24)10-16(22)20-14-9-15(26-7-6-25-3)13(19)8-12(14)18/h8-9H,4-7,10-11H2,1-3H3,(H,20,22)/t27-/m0/s1. The van der Waals surface area contributed by atoms with Crippen LogP contribution in [0.25, 0.3) is 0 Å². The van der Waals surface area contributed by atoms with E-state index in [0.29, 0.717) is 30.5 Å². The molecule has 7 nitrogen and oxygen atoms in total. The van der Waals surface area contributed by atoms with E-state index in [1.54, 1.807) is 12.0 Å². The number of benzene rings is 1. The number of hydrogen-bond acceptors (Lipinski definition) is 5. The fourth-order valence-electron chi connectivity index (χ4n) is 2.16. The Bertz CT molecular complexity index is 684. The van der Waals surface area contributed by atoms with Gasteiger partial charge >= 0.3 is 0 Å². The van der Waals surface area contributed by atoms with Gasteiger partial charge in [0.1, 0.15) is 23.9 Å². The first-order chi connectivity index (χ1) is 12.8. The molecule has 1 aromatic carbocycles. The molecule has 1 atom stereocenters. The first kappa shape index (κ1) is 23.7. The Morgan fingerprint density at radius 1 is 1.11 bits per heavy atom. The molecular formula is C17H24Cl2N2O5S. The number of methoxy groups -OCH3 is 1. The molecule has 0 aliphatic heterocycles.